The first-order valence-corrected chi connectivity index (χ1v) is 7.75. The van der Waals surface area contributed by atoms with E-state index < -0.39 is 0 Å². The van der Waals surface area contributed by atoms with Crippen LogP contribution < -0.4 is 5.32 Å². The molecule has 3 nitrogen and oxygen atoms in total. The van der Waals surface area contributed by atoms with E-state index in [4.69, 9.17) is 0 Å². The first kappa shape index (κ1) is 12.5. The Morgan fingerprint density at radius 1 is 1.33 bits per heavy atom. The van der Waals surface area contributed by atoms with Crippen LogP contribution >= 0.6 is 0 Å². The van der Waals surface area contributed by atoms with E-state index in [1.54, 1.807) is 0 Å². The van der Waals surface area contributed by atoms with Gasteiger partial charge >= 0.3 is 0 Å². The van der Waals surface area contributed by atoms with Crippen molar-refractivity contribution in [3.05, 3.63) is 0 Å². The second kappa shape index (κ2) is 4.84. The summed E-state index contributed by atoms with van der Waals surface area (Å²) in [5, 5.41) is 3.41. The van der Waals surface area contributed by atoms with E-state index in [9.17, 15) is 4.79 Å². The van der Waals surface area contributed by atoms with Crippen LogP contribution in [0.2, 0.25) is 0 Å². The highest BCUT2D eigenvalue weighted by Gasteiger charge is 2.58. The number of rotatable bonds is 5. The summed E-state index contributed by atoms with van der Waals surface area (Å²) in [4.78, 5) is 14.8. The summed E-state index contributed by atoms with van der Waals surface area (Å²) in [5.74, 6) is 1.67. The molecule has 1 amide bonds. The molecule has 1 unspecified atom stereocenters. The summed E-state index contributed by atoms with van der Waals surface area (Å²) >= 11 is 0. The molecule has 1 saturated heterocycles. The highest BCUT2D eigenvalue weighted by Crippen LogP contribution is 2.59. The standard InChI is InChI=1S/C15H26N2O/c1-2-9-17(11-12-3-4-12)14(18)13-10-15(13)5-7-16-8-6-15/h12-13,16H,2-11H2,1H3. The van der Waals surface area contributed by atoms with Gasteiger partial charge in [-0.3, -0.25) is 4.79 Å². The molecule has 1 N–H and O–H groups in total. The summed E-state index contributed by atoms with van der Waals surface area (Å²) in [6, 6.07) is 0. The third-order valence-corrected chi connectivity index (χ3v) is 5.07. The SMILES string of the molecule is CCCN(CC1CC1)C(=O)C1CC12CCNCC2. The van der Waals surface area contributed by atoms with Crippen LogP contribution in [0.3, 0.4) is 0 Å². The summed E-state index contributed by atoms with van der Waals surface area (Å²) < 4.78 is 0. The Labute approximate surface area is 110 Å². The molecule has 0 radical (unpaired) electrons. The molecule has 3 heteroatoms. The van der Waals surface area contributed by atoms with Crippen LogP contribution in [0.15, 0.2) is 0 Å². The third kappa shape index (κ3) is 2.42. The molecule has 2 saturated carbocycles. The maximum atomic E-state index is 12.6. The predicted molar refractivity (Wildman–Crippen MR) is 72.2 cm³/mol. The molecule has 1 spiro atoms. The van der Waals surface area contributed by atoms with E-state index in [0.717, 1.165) is 38.5 Å². The van der Waals surface area contributed by atoms with Gasteiger partial charge in [-0.15, -0.1) is 0 Å². The molecule has 1 aliphatic heterocycles. The zero-order valence-electron chi connectivity index (χ0n) is 11.6. The fraction of sp³-hybridized carbons (Fsp3) is 0.933. The van der Waals surface area contributed by atoms with Crippen molar-refractivity contribution < 1.29 is 4.79 Å². The zero-order chi connectivity index (χ0) is 12.6. The summed E-state index contributed by atoms with van der Waals surface area (Å²) in [6.45, 7) is 6.42. The second-order valence-electron chi connectivity index (χ2n) is 6.60. The van der Waals surface area contributed by atoms with E-state index in [1.165, 1.54) is 32.1 Å². The summed E-state index contributed by atoms with van der Waals surface area (Å²) in [5.41, 5.74) is 0.401. The Morgan fingerprint density at radius 2 is 2.06 bits per heavy atom. The smallest absolute Gasteiger partial charge is 0.226 e. The maximum absolute atomic E-state index is 12.6. The Bertz CT molecular complexity index is 318. The minimum absolute atomic E-state index is 0.366. The molecule has 1 atom stereocenters. The number of nitrogens with zero attached hydrogens (tertiary/aromatic N) is 1. The van der Waals surface area contributed by atoms with Crippen LogP contribution in [0.25, 0.3) is 0 Å². The van der Waals surface area contributed by atoms with Crippen molar-refractivity contribution >= 4 is 5.91 Å². The van der Waals surface area contributed by atoms with E-state index in [2.05, 4.69) is 17.1 Å². The quantitative estimate of drug-likeness (QED) is 0.809. The summed E-state index contributed by atoms with van der Waals surface area (Å²) in [6.07, 6.45) is 7.37. The fourth-order valence-electron chi connectivity index (χ4n) is 3.57. The van der Waals surface area contributed by atoms with Crippen molar-refractivity contribution in [2.75, 3.05) is 26.2 Å². The molecule has 1 heterocycles. The Morgan fingerprint density at radius 3 is 2.67 bits per heavy atom. The Balaban J connectivity index is 1.58. The maximum Gasteiger partial charge on any atom is 0.226 e. The minimum atomic E-state index is 0.366. The minimum Gasteiger partial charge on any atom is -0.342 e. The van der Waals surface area contributed by atoms with Crippen molar-refractivity contribution in [1.29, 1.82) is 0 Å². The van der Waals surface area contributed by atoms with Crippen molar-refractivity contribution in [3.63, 3.8) is 0 Å². The molecular formula is C15H26N2O. The molecule has 3 fully saturated rings. The molecule has 3 aliphatic rings. The van der Waals surface area contributed by atoms with Crippen LogP contribution in [0.1, 0.15) is 45.4 Å². The van der Waals surface area contributed by atoms with E-state index in [-0.39, 0.29) is 0 Å². The fourth-order valence-corrected chi connectivity index (χ4v) is 3.57. The first-order chi connectivity index (χ1) is 8.75. The van der Waals surface area contributed by atoms with E-state index in [1.807, 2.05) is 0 Å². The number of hydrogen-bond donors (Lipinski definition) is 1. The monoisotopic (exact) mass is 250 g/mol. The van der Waals surface area contributed by atoms with E-state index in [0.29, 0.717) is 17.2 Å². The molecule has 0 aromatic rings. The molecule has 2 aliphatic carbocycles. The van der Waals surface area contributed by atoms with E-state index >= 15 is 0 Å². The zero-order valence-corrected chi connectivity index (χ0v) is 11.6. The average molecular weight is 250 g/mol. The Hall–Kier alpha value is -0.570. The third-order valence-electron chi connectivity index (χ3n) is 5.07. The second-order valence-corrected chi connectivity index (χ2v) is 6.60. The number of carbonyl (C=O) groups is 1. The van der Waals surface area contributed by atoms with Gasteiger partial charge in [-0.2, -0.15) is 0 Å². The van der Waals surface area contributed by atoms with Crippen molar-refractivity contribution in [2.24, 2.45) is 17.3 Å². The molecule has 18 heavy (non-hydrogen) atoms. The highest BCUT2D eigenvalue weighted by atomic mass is 16.2. The van der Waals surface area contributed by atoms with Crippen LogP contribution in [-0.2, 0) is 4.79 Å². The van der Waals surface area contributed by atoms with Gasteiger partial charge in [-0.1, -0.05) is 6.92 Å². The van der Waals surface area contributed by atoms with Crippen LogP contribution in [0, 0.1) is 17.3 Å². The number of carbonyl (C=O) groups excluding carboxylic acids is 1. The van der Waals surface area contributed by atoms with Gasteiger partial charge in [0.1, 0.15) is 0 Å². The average Bonchev–Trinajstić information content (AvgIpc) is 3.28. The lowest BCUT2D eigenvalue weighted by atomic mass is 9.91. The highest BCUT2D eigenvalue weighted by molar-refractivity contribution is 5.82. The first-order valence-electron chi connectivity index (χ1n) is 7.75. The van der Waals surface area contributed by atoms with Gasteiger partial charge in [0, 0.05) is 19.0 Å². The number of amides is 1. The van der Waals surface area contributed by atoms with Gasteiger partial charge in [-0.05, 0) is 62.9 Å². The van der Waals surface area contributed by atoms with Gasteiger partial charge < -0.3 is 10.2 Å². The van der Waals surface area contributed by atoms with Crippen LogP contribution in [0.4, 0.5) is 0 Å². The van der Waals surface area contributed by atoms with Crippen LogP contribution in [-0.4, -0.2) is 37.0 Å². The molecule has 0 aromatic heterocycles. The van der Waals surface area contributed by atoms with Gasteiger partial charge in [-0.25, -0.2) is 0 Å². The molecule has 0 aromatic carbocycles. The lowest BCUT2D eigenvalue weighted by Crippen LogP contribution is -2.38. The molecule has 102 valence electrons. The Kier molecular flexibility index (Phi) is 3.35. The largest absolute Gasteiger partial charge is 0.342 e. The van der Waals surface area contributed by atoms with Gasteiger partial charge in [0.2, 0.25) is 5.91 Å². The predicted octanol–water partition coefficient (Wildman–Crippen LogP) is 2.02. The van der Waals surface area contributed by atoms with Gasteiger partial charge in [0.05, 0.1) is 0 Å². The number of hydrogen-bond acceptors (Lipinski definition) is 2. The number of piperidine rings is 1. The molecule has 3 rings (SSSR count). The lowest BCUT2D eigenvalue weighted by molar-refractivity contribution is -0.134. The topological polar surface area (TPSA) is 32.3 Å². The van der Waals surface area contributed by atoms with Crippen molar-refractivity contribution in [1.82, 2.24) is 10.2 Å². The molecular weight excluding hydrogens is 224 g/mol. The molecule has 0 bridgehead atoms. The number of nitrogens with one attached hydrogen (secondary N) is 1. The van der Waals surface area contributed by atoms with Crippen molar-refractivity contribution in [3.8, 4) is 0 Å². The normalized spacial score (nSPS) is 29.3. The lowest BCUT2D eigenvalue weighted by Gasteiger charge is -2.27. The summed E-state index contributed by atoms with van der Waals surface area (Å²) in [7, 11) is 0. The van der Waals surface area contributed by atoms with Gasteiger partial charge in [0.25, 0.3) is 0 Å². The van der Waals surface area contributed by atoms with Gasteiger partial charge in [0.15, 0.2) is 0 Å². The van der Waals surface area contributed by atoms with Crippen LogP contribution in [0.5, 0.6) is 0 Å². The van der Waals surface area contributed by atoms with Crippen molar-refractivity contribution in [2.45, 2.75) is 45.4 Å².